The maximum atomic E-state index is 10.4. The van der Waals surface area contributed by atoms with Crippen LogP contribution in [0.2, 0.25) is 0 Å². The Bertz CT molecular complexity index is 865. The van der Waals surface area contributed by atoms with E-state index < -0.39 is 0 Å². The Hall–Kier alpha value is -1.96. The van der Waals surface area contributed by atoms with Crippen LogP contribution < -0.4 is 4.74 Å². The van der Waals surface area contributed by atoms with Gasteiger partial charge in [-0.15, -0.1) is 0 Å². The van der Waals surface area contributed by atoms with Gasteiger partial charge in [-0.1, -0.05) is 34.9 Å². The van der Waals surface area contributed by atoms with E-state index in [-0.39, 0.29) is 5.60 Å². The summed E-state index contributed by atoms with van der Waals surface area (Å²) in [7, 11) is 0. The lowest BCUT2D eigenvalue weighted by molar-refractivity contribution is 0.0558. The SMILES string of the molecule is CC(C)=CCCC(C)=CCCC(C)=CCC[C@]1(C)CCc2c(C)c(O)c(C)c(C)c2O1. The van der Waals surface area contributed by atoms with Crippen LogP contribution in [0.3, 0.4) is 0 Å². The maximum Gasteiger partial charge on any atom is 0.127 e. The molecule has 0 spiro atoms. The Balaban J connectivity index is 1.88. The Morgan fingerprint density at radius 2 is 1.45 bits per heavy atom. The lowest BCUT2D eigenvalue weighted by Crippen LogP contribution is -2.37. The predicted octanol–water partition coefficient (Wildman–Crippen LogP) is 8.60. The van der Waals surface area contributed by atoms with Gasteiger partial charge in [0.2, 0.25) is 0 Å². The van der Waals surface area contributed by atoms with Crippen LogP contribution in [0, 0.1) is 20.8 Å². The van der Waals surface area contributed by atoms with Gasteiger partial charge in [0.05, 0.1) is 0 Å². The van der Waals surface area contributed by atoms with E-state index in [0.717, 1.165) is 67.4 Å². The van der Waals surface area contributed by atoms with E-state index in [0.29, 0.717) is 5.75 Å². The van der Waals surface area contributed by atoms with Crippen LogP contribution >= 0.6 is 0 Å². The third-order valence-corrected chi connectivity index (χ3v) is 6.88. The second-order valence-electron chi connectivity index (χ2n) is 10.1. The van der Waals surface area contributed by atoms with E-state index in [4.69, 9.17) is 4.74 Å². The maximum absolute atomic E-state index is 10.4. The van der Waals surface area contributed by atoms with Crippen molar-refractivity contribution in [1.82, 2.24) is 0 Å². The van der Waals surface area contributed by atoms with Gasteiger partial charge in [0, 0.05) is 5.56 Å². The highest BCUT2D eigenvalue weighted by molar-refractivity contribution is 5.58. The van der Waals surface area contributed by atoms with Gasteiger partial charge in [-0.05, 0) is 123 Å². The number of rotatable bonds is 9. The molecule has 0 radical (unpaired) electrons. The van der Waals surface area contributed by atoms with Crippen molar-refractivity contribution >= 4 is 0 Å². The van der Waals surface area contributed by atoms with E-state index in [2.05, 4.69) is 59.8 Å². The molecule has 1 aliphatic rings. The zero-order chi connectivity index (χ0) is 23.2. The Kier molecular flexibility index (Phi) is 9.03. The summed E-state index contributed by atoms with van der Waals surface area (Å²) < 4.78 is 6.56. The second-order valence-corrected chi connectivity index (χ2v) is 10.1. The molecule has 1 N–H and O–H groups in total. The standard InChI is InChI=1S/C29H44O2/c1-20(2)12-9-13-21(3)14-10-15-22(4)16-11-18-29(8)19-17-26-25(7)27(30)23(5)24(6)28(26)31-29/h12,14,16,30H,9-11,13,15,17-19H2,1-8H3/t29-/m1/s1. The summed E-state index contributed by atoms with van der Waals surface area (Å²) in [4.78, 5) is 0. The molecule has 1 aromatic carbocycles. The minimum atomic E-state index is -0.133. The molecule has 1 atom stereocenters. The molecule has 0 aliphatic carbocycles. The van der Waals surface area contributed by atoms with E-state index in [1.165, 1.54) is 28.7 Å². The molecule has 0 aromatic heterocycles. The van der Waals surface area contributed by atoms with Crippen molar-refractivity contribution in [2.45, 2.75) is 112 Å². The summed E-state index contributed by atoms with van der Waals surface area (Å²) >= 11 is 0. The number of aromatic hydroxyl groups is 1. The highest BCUT2D eigenvalue weighted by Crippen LogP contribution is 2.44. The number of hydrogen-bond donors (Lipinski definition) is 1. The molecule has 0 unspecified atom stereocenters. The lowest BCUT2D eigenvalue weighted by atomic mass is 9.85. The van der Waals surface area contributed by atoms with Crippen molar-refractivity contribution in [3.8, 4) is 11.5 Å². The number of ether oxygens (including phenoxy) is 1. The second kappa shape index (κ2) is 11.1. The fourth-order valence-corrected chi connectivity index (χ4v) is 4.43. The fraction of sp³-hybridized carbons (Fsp3) is 0.586. The molecule has 0 saturated heterocycles. The molecule has 2 heteroatoms. The molecule has 2 nitrogen and oxygen atoms in total. The van der Waals surface area contributed by atoms with Crippen molar-refractivity contribution in [3.63, 3.8) is 0 Å². The average molecular weight is 425 g/mol. The summed E-state index contributed by atoms with van der Waals surface area (Å²) in [5, 5.41) is 10.4. The number of allylic oxidation sites excluding steroid dienone is 6. The minimum absolute atomic E-state index is 0.133. The van der Waals surface area contributed by atoms with Crippen LogP contribution in [-0.2, 0) is 6.42 Å². The number of phenolic OH excluding ortho intramolecular Hbond substituents is 1. The van der Waals surface area contributed by atoms with Crippen molar-refractivity contribution in [3.05, 3.63) is 57.2 Å². The van der Waals surface area contributed by atoms with E-state index >= 15 is 0 Å². The summed E-state index contributed by atoms with van der Waals surface area (Å²) in [5.41, 5.74) is 8.45. The van der Waals surface area contributed by atoms with Gasteiger partial charge in [0.15, 0.2) is 0 Å². The first kappa shape index (κ1) is 25.3. The van der Waals surface area contributed by atoms with E-state index in [1.54, 1.807) is 0 Å². The van der Waals surface area contributed by atoms with E-state index in [9.17, 15) is 5.11 Å². The fourth-order valence-electron chi connectivity index (χ4n) is 4.43. The van der Waals surface area contributed by atoms with Gasteiger partial charge >= 0.3 is 0 Å². The molecule has 0 fully saturated rings. The van der Waals surface area contributed by atoms with Crippen molar-refractivity contribution in [2.75, 3.05) is 0 Å². The van der Waals surface area contributed by atoms with Crippen molar-refractivity contribution in [2.24, 2.45) is 0 Å². The highest BCUT2D eigenvalue weighted by atomic mass is 16.5. The van der Waals surface area contributed by atoms with E-state index in [1.807, 2.05) is 13.8 Å². The zero-order valence-electron chi connectivity index (χ0n) is 21.2. The molecule has 0 bridgehead atoms. The van der Waals surface area contributed by atoms with Crippen LogP contribution in [0.5, 0.6) is 11.5 Å². The van der Waals surface area contributed by atoms with Crippen LogP contribution in [-0.4, -0.2) is 10.7 Å². The molecule has 2 rings (SSSR count). The monoisotopic (exact) mass is 424 g/mol. The summed E-state index contributed by atoms with van der Waals surface area (Å²) in [6, 6.07) is 0. The summed E-state index contributed by atoms with van der Waals surface area (Å²) in [6.07, 6.45) is 15.8. The average Bonchev–Trinajstić information content (AvgIpc) is 2.70. The third kappa shape index (κ3) is 7.02. The van der Waals surface area contributed by atoms with Crippen LogP contribution in [0.4, 0.5) is 0 Å². The van der Waals surface area contributed by atoms with Crippen LogP contribution in [0.15, 0.2) is 34.9 Å². The quantitative estimate of drug-likeness (QED) is 0.402. The number of phenols is 1. The van der Waals surface area contributed by atoms with Gasteiger partial charge < -0.3 is 9.84 Å². The molecule has 1 heterocycles. The molecular weight excluding hydrogens is 380 g/mol. The van der Waals surface area contributed by atoms with Crippen molar-refractivity contribution < 1.29 is 9.84 Å². The van der Waals surface area contributed by atoms with Gasteiger partial charge in [0.1, 0.15) is 17.1 Å². The number of benzene rings is 1. The molecule has 1 aromatic rings. The van der Waals surface area contributed by atoms with Crippen molar-refractivity contribution in [1.29, 1.82) is 0 Å². The molecular formula is C29H44O2. The van der Waals surface area contributed by atoms with Gasteiger partial charge in [-0.25, -0.2) is 0 Å². The summed E-state index contributed by atoms with van der Waals surface area (Å²) in [5.74, 6) is 1.44. The summed E-state index contributed by atoms with van der Waals surface area (Å²) in [6.45, 7) is 17.1. The van der Waals surface area contributed by atoms with Crippen LogP contribution in [0.25, 0.3) is 0 Å². The number of hydrogen-bond acceptors (Lipinski definition) is 2. The Labute approximate surface area is 191 Å². The first-order chi connectivity index (χ1) is 14.5. The highest BCUT2D eigenvalue weighted by Gasteiger charge is 2.33. The Morgan fingerprint density at radius 1 is 0.871 bits per heavy atom. The first-order valence-electron chi connectivity index (χ1n) is 12.0. The molecule has 172 valence electrons. The first-order valence-corrected chi connectivity index (χ1v) is 12.0. The van der Waals surface area contributed by atoms with Gasteiger partial charge in [-0.3, -0.25) is 0 Å². The predicted molar refractivity (Wildman–Crippen MR) is 134 cm³/mol. The largest absolute Gasteiger partial charge is 0.507 e. The topological polar surface area (TPSA) is 29.5 Å². The Morgan fingerprint density at radius 3 is 2.06 bits per heavy atom. The molecule has 0 amide bonds. The molecule has 1 aliphatic heterocycles. The zero-order valence-corrected chi connectivity index (χ0v) is 21.2. The number of fused-ring (bicyclic) bond motifs is 1. The van der Waals surface area contributed by atoms with Gasteiger partial charge in [0.25, 0.3) is 0 Å². The normalized spacial score (nSPS) is 19.1. The molecule has 31 heavy (non-hydrogen) atoms. The molecule has 0 saturated carbocycles. The smallest absolute Gasteiger partial charge is 0.127 e. The third-order valence-electron chi connectivity index (χ3n) is 6.88. The minimum Gasteiger partial charge on any atom is -0.507 e. The van der Waals surface area contributed by atoms with Gasteiger partial charge in [-0.2, -0.15) is 0 Å². The van der Waals surface area contributed by atoms with Crippen LogP contribution in [0.1, 0.15) is 102 Å². The lowest BCUT2D eigenvalue weighted by Gasteiger charge is -2.38.